The maximum atomic E-state index is 10.9. The minimum atomic E-state index is -0.685. The number of hydrogen-bond acceptors (Lipinski definition) is 6. The Morgan fingerprint density at radius 1 is 1.57 bits per heavy atom. The van der Waals surface area contributed by atoms with Gasteiger partial charge in [-0.15, -0.1) is 11.3 Å². The van der Waals surface area contributed by atoms with Gasteiger partial charge in [0.05, 0.1) is 10.8 Å². The van der Waals surface area contributed by atoms with E-state index in [9.17, 15) is 4.79 Å². The number of carboxylic acid groups (broad SMARTS) is 1. The highest BCUT2D eigenvalue weighted by molar-refractivity contribution is 7.13. The lowest BCUT2D eigenvalue weighted by Crippen LogP contribution is -2.24. The Morgan fingerprint density at radius 3 is 3.19 bits per heavy atom. The van der Waals surface area contributed by atoms with Gasteiger partial charge in [-0.05, 0) is 37.4 Å². The predicted molar refractivity (Wildman–Crippen MR) is 78.1 cm³/mol. The molecule has 1 atom stereocenters. The molecule has 1 fully saturated rings. The fraction of sp³-hybridized carbons (Fsp3) is 0.500. The Morgan fingerprint density at radius 2 is 2.48 bits per heavy atom. The molecule has 0 radical (unpaired) electrons. The Bertz CT molecular complexity index is 596. The van der Waals surface area contributed by atoms with Gasteiger partial charge in [-0.2, -0.15) is 4.98 Å². The van der Waals surface area contributed by atoms with Gasteiger partial charge in [-0.25, -0.2) is 0 Å². The molecule has 3 heterocycles. The number of carbonyl (C=O) groups is 1. The SMILES string of the molecule is O=C(O)C1CCN(CCCc2nc(-c3cccs3)no2)C1. The van der Waals surface area contributed by atoms with Gasteiger partial charge < -0.3 is 14.5 Å². The number of carboxylic acids is 1. The molecule has 2 aromatic rings. The summed E-state index contributed by atoms with van der Waals surface area (Å²) in [7, 11) is 0. The number of aryl methyl sites for hydroxylation is 1. The van der Waals surface area contributed by atoms with Crippen LogP contribution in [-0.4, -0.2) is 45.8 Å². The summed E-state index contributed by atoms with van der Waals surface area (Å²) in [4.78, 5) is 18.5. The number of likely N-dealkylation sites (tertiary alicyclic amines) is 1. The largest absolute Gasteiger partial charge is 0.481 e. The van der Waals surface area contributed by atoms with E-state index in [-0.39, 0.29) is 5.92 Å². The first-order chi connectivity index (χ1) is 10.2. The molecule has 1 aliphatic rings. The van der Waals surface area contributed by atoms with Crippen molar-refractivity contribution in [2.45, 2.75) is 19.3 Å². The molecule has 0 spiro atoms. The van der Waals surface area contributed by atoms with Crippen LogP contribution in [0.5, 0.6) is 0 Å². The van der Waals surface area contributed by atoms with Gasteiger partial charge in [0.25, 0.3) is 0 Å². The molecule has 1 unspecified atom stereocenters. The molecule has 112 valence electrons. The standard InChI is InChI=1S/C14H17N3O3S/c18-14(19)10-5-7-17(9-10)6-1-4-12-15-13(16-20-12)11-3-2-8-21-11/h2-3,8,10H,1,4-7,9H2,(H,18,19). The van der Waals surface area contributed by atoms with E-state index >= 15 is 0 Å². The second-order valence-corrected chi connectivity index (χ2v) is 6.16. The zero-order chi connectivity index (χ0) is 14.7. The van der Waals surface area contributed by atoms with Crippen molar-refractivity contribution < 1.29 is 14.4 Å². The van der Waals surface area contributed by atoms with Crippen molar-refractivity contribution in [1.82, 2.24) is 15.0 Å². The minimum Gasteiger partial charge on any atom is -0.481 e. The first-order valence-corrected chi connectivity index (χ1v) is 7.92. The first kappa shape index (κ1) is 14.2. The maximum Gasteiger partial charge on any atom is 0.307 e. The molecule has 7 heteroatoms. The average molecular weight is 307 g/mol. The number of hydrogen-bond donors (Lipinski definition) is 1. The van der Waals surface area contributed by atoms with Crippen molar-refractivity contribution in [3.8, 4) is 10.7 Å². The summed E-state index contributed by atoms with van der Waals surface area (Å²) < 4.78 is 5.25. The molecular weight excluding hydrogens is 290 g/mol. The third kappa shape index (κ3) is 3.48. The van der Waals surface area contributed by atoms with Crippen LogP contribution >= 0.6 is 11.3 Å². The molecule has 1 aliphatic heterocycles. The molecule has 1 N–H and O–H groups in total. The van der Waals surface area contributed by atoms with Crippen LogP contribution in [-0.2, 0) is 11.2 Å². The Labute approximate surface area is 126 Å². The van der Waals surface area contributed by atoms with Crippen LogP contribution in [0.1, 0.15) is 18.7 Å². The van der Waals surface area contributed by atoms with E-state index in [1.165, 1.54) is 0 Å². The van der Waals surface area contributed by atoms with Crippen LogP contribution < -0.4 is 0 Å². The molecule has 3 rings (SSSR count). The highest BCUT2D eigenvalue weighted by Crippen LogP contribution is 2.22. The third-order valence-corrected chi connectivity index (χ3v) is 4.56. The van der Waals surface area contributed by atoms with Crippen molar-refractivity contribution in [2.75, 3.05) is 19.6 Å². The van der Waals surface area contributed by atoms with E-state index < -0.39 is 5.97 Å². The number of thiophene rings is 1. The van der Waals surface area contributed by atoms with Gasteiger partial charge >= 0.3 is 5.97 Å². The number of aromatic nitrogens is 2. The predicted octanol–water partition coefficient (Wildman–Crippen LogP) is 2.14. The topological polar surface area (TPSA) is 79.5 Å². The summed E-state index contributed by atoms with van der Waals surface area (Å²) in [5.41, 5.74) is 0. The fourth-order valence-electron chi connectivity index (χ4n) is 2.55. The third-order valence-electron chi connectivity index (χ3n) is 3.70. The van der Waals surface area contributed by atoms with Crippen LogP contribution in [0.4, 0.5) is 0 Å². The van der Waals surface area contributed by atoms with Crippen LogP contribution in [0, 0.1) is 5.92 Å². The van der Waals surface area contributed by atoms with Gasteiger partial charge in [0, 0.05) is 13.0 Å². The highest BCUT2D eigenvalue weighted by atomic mass is 32.1. The molecule has 1 saturated heterocycles. The Balaban J connectivity index is 1.45. The van der Waals surface area contributed by atoms with Crippen LogP contribution in [0.3, 0.4) is 0 Å². The lowest BCUT2D eigenvalue weighted by molar-refractivity contribution is -0.141. The van der Waals surface area contributed by atoms with Crippen LogP contribution in [0.15, 0.2) is 22.0 Å². The van der Waals surface area contributed by atoms with Gasteiger partial charge in [0.1, 0.15) is 0 Å². The zero-order valence-electron chi connectivity index (χ0n) is 11.6. The molecule has 0 saturated carbocycles. The Kier molecular flexibility index (Phi) is 4.31. The zero-order valence-corrected chi connectivity index (χ0v) is 12.4. The summed E-state index contributed by atoms with van der Waals surface area (Å²) >= 11 is 1.59. The number of rotatable bonds is 6. The van der Waals surface area contributed by atoms with Crippen molar-refractivity contribution in [1.29, 1.82) is 0 Å². The van der Waals surface area contributed by atoms with E-state index in [1.807, 2.05) is 17.5 Å². The molecule has 0 amide bonds. The average Bonchev–Trinajstić information content (AvgIpc) is 3.20. The molecular formula is C14H17N3O3S. The second kappa shape index (κ2) is 6.36. The van der Waals surface area contributed by atoms with E-state index in [4.69, 9.17) is 9.63 Å². The van der Waals surface area contributed by atoms with E-state index in [2.05, 4.69) is 15.0 Å². The number of aliphatic carboxylic acids is 1. The van der Waals surface area contributed by atoms with Crippen molar-refractivity contribution in [3.05, 3.63) is 23.4 Å². The quantitative estimate of drug-likeness (QED) is 0.880. The first-order valence-electron chi connectivity index (χ1n) is 7.04. The van der Waals surface area contributed by atoms with E-state index in [0.717, 1.165) is 37.2 Å². The maximum absolute atomic E-state index is 10.9. The molecule has 6 nitrogen and oxygen atoms in total. The lowest BCUT2D eigenvalue weighted by atomic mass is 10.1. The molecule has 21 heavy (non-hydrogen) atoms. The van der Waals surface area contributed by atoms with Gasteiger partial charge in [-0.3, -0.25) is 4.79 Å². The monoisotopic (exact) mass is 307 g/mol. The lowest BCUT2D eigenvalue weighted by Gasteiger charge is -2.13. The van der Waals surface area contributed by atoms with Crippen molar-refractivity contribution in [2.24, 2.45) is 5.92 Å². The highest BCUT2D eigenvalue weighted by Gasteiger charge is 2.27. The van der Waals surface area contributed by atoms with Crippen LogP contribution in [0.25, 0.3) is 10.7 Å². The smallest absolute Gasteiger partial charge is 0.307 e. The van der Waals surface area contributed by atoms with E-state index in [1.54, 1.807) is 11.3 Å². The Hall–Kier alpha value is -1.73. The van der Waals surface area contributed by atoms with Gasteiger partial charge in [-0.1, -0.05) is 11.2 Å². The molecule has 0 bridgehead atoms. The normalized spacial score (nSPS) is 19.1. The molecule has 0 aliphatic carbocycles. The summed E-state index contributed by atoms with van der Waals surface area (Å²) in [6.07, 6.45) is 2.38. The summed E-state index contributed by atoms with van der Waals surface area (Å²) in [6, 6.07) is 3.93. The van der Waals surface area contributed by atoms with Crippen molar-refractivity contribution in [3.63, 3.8) is 0 Å². The van der Waals surface area contributed by atoms with Gasteiger partial charge in [0.2, 0.25) is 11.7 Å². The van der Waals surface area contributed by atoms with E-state index in [0.29, 0.717) is 18.3 Å². The molecule has 0 aromatic carbocycles. The summed E-state index contributed by atoms with van der Waals surface area (Å²) in [6.45, 7) is 2.39. The van der Waals surface area contributed by atoms with Gasteiger partial charge in [0.15, 0.2) is 0 Å². The molecule has 2 aromatic heterocycles. The minimum absolute atomic E-state index is 0.209. The summed E-state index contributed by atoms with van der Waals surface area (Å²) in [5, 5.41) is 14.9. The van der Waals surface area contributed by atoms with Crippen LogP contribution in [0.2, 0.25) is 0 Å². The number of nitrogens with zero attached hydrogens (tertiary/aromatic N) is 3. The summed E-state index contributed by atoms with van der Waals surface area (Å²) in [5.74, 6) is 0.397. The second-order valence-electron chi connectivity index (χ2n) is 5.22. The fourth-order valence-corrected chi connectivity index (χ4v) is 3.20. The van der Waals surface area contributed by atoms with Crippen molar-refractivity contribution >= 4 is 17.3 Å².